The van der Waals surface area contributed by atoms with Gasteiger partial charge in [0.2, 0.25) is 0 Å². The molecule has 33 heavy (non-hydrogen) atoms. The molecule has 0 aliphatic heterocycles. The van der Waals surface area contributed by atoms with Crippen molar-refractivity contribution in [3.63, 3.8) is 0 Å². The van der Waals surface area contributed by atoms with Crippen LogP contribution in [0.3, 0.4) is 0 Å². The molecule has 0 saturated carbocycles. The molecule has 0 aliphatic carbocycles. The van der Waals surface area contributed by atoms with Crippen molar-refractivity contribution in [2.75, 3.05) is 6.61 Å². The maximum Gasteiger partial charge on any atom is 0.149 e. The summed E-state index contributed by atoms with van der Waals surface area (Å²) in [7, 11) is -3.07. The lowest BCUT2D eigenvalue weighted by atomic mass is 10.4. The van der Waals surface area contributed by atoms with Crippen molar-refractivity contribution < 1.29 is 4.74 Å². The molecule has 0 bridgehead atoms. The Morgan fingerprint density at radius 3 is 1.70 bits per heavy atom. The number of hydrogen-bond donors (Lipinski definition) is 0. The fourth-order valence-corrected chi connectivity index (χ4v) is 9.06. The molecular formula is C28H34N2OPSi+. The van der Waals surface area contributed by atoms with E-state index >= 15 is 0 Å². The van der Waals surface area contributed by atoms with Crippen LogP contribution in [-0.2, 0) is 17.6 Å². The smallest absolute Gasteiger partial charge is 0.149 e. The van der Waals surface area contributed by atoms with Crippen molar-refractivity contribution in [1.82, 2.24) is 9.55 Å². The van der Waals surface area contributed by atoms with Crippen LogP contribution in [0.25, 0.3) is 0 Å². The Balaban J connectivity index is 1.74. The highest BCUT2D eigenvalue weighted by atomic mass is 31.2. The lowest BCUT2D eigenvalue weighted by molar-refractivity contribution is 0.0856. The largest absolute Gasteiger partial charge is 0.361 e. The van der Waals surface area contributed by atoms with Crippen molar-refractivity contribution in [2.24, 2.45) is 0 Å². The minimum Gasteiger partial charge on any atom is -0.361 e. The van der Waals surface area contributed by atoms with E-state index < -0.39 is 15.3 Å². The fraction of sp³-hybridized carbons (Fsp3) is 0.250. The third-order valence-electron chi connectivity index (χ3n) is 6.00. The molecule has 0 fully saturated rings. The summed E-state index contributed by atoms with van der Waals surface area (Å²) in [6, 6.07) is 34.1. The standard InChI is InChI=1S/C28H34N2OPSi/c1-33(2,3)22-21-31-24-30-20-19-29-28(30)23-32(25-13-7-4-8-14-25,26-15-9-5-10-16-26)27-17-11-6-12-18-27/h4-20H,21-24H2,1-3H3/q+1. The number of imidazole rings is 1. The number of nitrogens with zero attached hydrogens (tertiary/aromatic N) is 2. The van der Waals surface area contributed by atoms with Gasteiger partial charge >= 0.3 is 0 Å². The molecule has 0 spiro atoms. The minimum atomic E-state index is -1.97. The molecule has 0 unspecified atom stereocenters. The summed E-state index contributed by atoms with van der Waals surface area (Å²) in [5.41, 5.74) is 0. The first-order chi connectivity index (χ1) is 16.0. The van der Waals surface area contributed by atoms with Gasteiger partial charge in [0.1, 0.15) is 41.9 Å². The van der Waals surface area contributed by atoms with E-state index in [9.17, 15) is 0 Å². The molecule has 4 rings (SSSR count). The number of ether oxygens (including phenoxy) is 1. The number of hydrogen-bond acceptors (Lipinski definition) is 2. The molecular weight excluding hydrogens is 439 g/mol. The van der Waals surface area contributed by atoms with Gasteiger partial charge in [0.05, 0.1) is 0 Å². The molecule has 0 amide bonds. The topological polar surface area (TPSA) is 27.1 Å². The van der Waals surface area contributed by atoms with Crippen LogP contribution in [-0.4, -0.2) is 24.2 Å². The fourth-order valence-electron chi connectivity index (χ4n) is 4.13. The predicted octanol–water partition coefficient (Wildman–Crippen LogP) is 5.69. The molecule has 170 valence electrons. The monoisotopic (exact) mass is 473 g/mol. The lowest BCUT2D eigenvalue weighted by Gasteiger charge is -2.27. The Morgan fingerprint density at radius 1 is 0.758 bits per heavy atom. The van der Waals surface area contributed by atoms with Crippen LogP contribution in [0.2, 0.25) is 25.7 Å². The number of aromatic nitrogens is 2. The zero-order chi connectivity index (χ0) is 23.2. The molecule has 0 radical (unpaired) electrons. The van der Waals surface area contributed by atoms with Crippen molar-refractivity contribution in [3.8, 4) is 0 Å². The van der Waals surface area contributed by atoms with Gasteiger partial charge in [0, 0.05) is 27.1 Å². The minimum absolute atomic E-state index is 0.554. The first-order valence-corrected chi connectivity index (χ1v) is 17.3. The van der Waals surface area contributed by atoms with Crippen molar-refractivity contribution in [3.05, 3.63) is 109 Å². The van der Waals surface area contributed by atoms with Gasteiger partial charge in [0.25, 0.3) is 0 Å². The number of benzene rings is 3. The Morgan fingerprint density at radius 2 is 1.24 bits per heavy atom. The molecule has 0 aliphatic rings. The van der Waals surface area contributed by atoms with E-state index in [1.165, 1.54) is 22.0 Å². The van der Waals surface area contributed by atoms with Crippen LogP contribution < -0.4 is 15.9 Å². The van der Waals surface area contributed by atoms with Crippen molar-refractivity contribution in [1.29, 1.82) is 0 Å². The Labute approximate surface area is 199 Å². The first kappa shape index (κ1) is 23.6. The average molecular weight is 474 g/mol. The van der Waals surface area contributed by atoms with E-state index in [4.69, 9.17) is 9.72 Å². The van der Waals surface area contributed by atoms with Gasteiger partial charge in [-0.25, -0.2) is 4.98 Å². The second-order valence-electron chi connectivity index (χ2n) is 9.64. The zero-order valence-corrected chi connectivity index (χ0v) is 21.8. The summed E-state index contributed by atoms with van der Waals surface area (Å²) in [6.07, 6.45) is 4.82. The van der Waals surface area contributed by atoms with E-state index in [1.54, 1.807) is 0 Å². The predicted molar refractivity (Wildman–Crippen MR) is 145 cm³/mol. The highest BCUT2D eigenvalue weighted by molar-refractivity contribution is 7.95. The summed E-state index contributed by atoms with van der Waals surface area (Å²) in [5.74, 6) is 1.08. The van der Waals surface area contributed by atoms with Crippen LogP contribution >= 0.6 is 7.26 Å². The van der Waals surface area contributed by atoms with E-state index in [-0.39, 0.29) is 0 Å². The molecule has 5 heteroatoms. The third kappa shape index (κ3) is 5.70. The van der Waals surface area contributed by atoms with Gasteiger partial charge in [-0.15, -0.1) is 0 Å². The van der Waals surface area contributed by atoms with Crippen molar-refractivity contribution in [2.45, 2.75) is 38.6 Å². The molecule has 0 atom stereocenters. The van der Waals surface area contributed by atoms with Gasteiger partial charge in [-0.3, -0.25) is 0 Å². The number of rotatable bonds is 10. The molecule has 3 nitrogen and oxygen atoms in total. The Kier molecular flexibility index (Phi) is 7.59. The van der Waals surface area contributed by atoms with E-state index in [1.807, 2.05) is 6.20 Å². The van der Waals surface area contributed by atoms with Crippen LogP contribution in [0.5, 0.6) is 0 Å². The molecule has 4 aromatic rings. The Hall–Kier alpha value is -2.52. The van der Waals surface area contributed by atoms with E-state index in [0.717, 1.165) is 18.6 Å². The summed E-state index contributed by atoms with van der Waals surface area (Å²) >= 11 is 0. The summed E-state index contributed by atoms with van der Waals surface area (Å²) in [6.45, 7) is 8.52. The average Bonchev–Trinajstić information content (AvgIpc) is 3.28. The van der Waals surface area contributed by atoms with Crippen molar-refractivity contribution >= 4 is 31.2 Å². The normalized spacial score (nSPS) is 12.1. The van der Waals surface area contributed by atoms with Gasteiger partial charge in [-0.1, -0.05) is 74.2 Å². The molecule has 0 saturated heterocycles. The summed E-state index contributed by atoms with van der Waals surface area (Å²) < 4.78 is 8.28. The van der Waals surface area contributed by atoms with Crippen LogP contribution in [0.15, 0.2) is 103 Å². The van der Waals surface area contributed by atoms with E-state index in [0.29, 0.717) is 6.73 Å². The lowest BCUT2D eigenvalue weighted by Crippen LogP contribution is -2.33. The quantitative estimate of drug-likeness (QED) is 0.168. The maximum absolute atomic E-state index is 6.10. The second-order valence-corrected chi connectivity index (χ2v) is 18.7. The highest BCUT2D eigenvalue weighted by Crippen LogP contribution is 2.57. The van der Waals surface area contributed by atoms with Gasteiger partial charge in [-0.05, 0) is 42.4 Å². The molecule has 1 aromatic heterocycles. The van der Waals surface area contributed by atoms with Gasteiger partial charge < -0.3 is 9.30 Å². The highest BCUT2D eigenvalue weighted by Gasteiger charge is 2.46. The van der Waals surface area contributed by atoms with Crippen LogP contribution in [0, 0.1) is 0 Å². The summed E-state index contributed by atoms with van der Waals surface area (Å²) in [4.78, 5) is 4.82. The van der Waals surface area contributed by atoms with Gasteiger partial charge in [-0.2, -0.15) is 0 Å². The van der Waals surface area contributed by atoms with Crippen LogP contribution in [0.1, 0.15) is 5.82 Å². The van der Waals surface area contributed by atoms with E-state index in [2.05, 4.69) is 121 Å². The molecule has 3 aromatic carbocycles. The zero-order valence-electron chi connectivity index (χ0n) is 19.9. The Bertz CT molecular complexity index is 1030. The molecule has 1 heterocycles. The van der Waals surface area contributed by atoms with Gasteiger partial charge in [0.15, 0.2) is 0 Å². The maximum atomic E-state index is 6.10. The van der Waals surface area contributed by atoms with Crippen LogP contribution in [0.4, 0.5) is 0 Å². The first-order valence-electron chi connectivity index (χ1n) is 11.6. The third-order valence-corrected chi connectivity index (χ3v) is 12.0. The summed E-state index contributed by atoms with van der Waals surface area (Å²) in [5, 5.41) is 4.12. The second kappa shape index (κ2) is 10.6. The molecule has 0 N–H and O–H groups in total. The SMILES string of the molecule is C[Si](C)(C)CCOCn1ccnc1C[P+](c1ccccc1)(c1ccccc1)c1ccccc1.